The van der Waals surface area contributed by atoms with Gasteiger partial charge in [0.2, 0.25) is 0 Å². The second-order valence-corrected chi connectivity index (χ2v) is 5.16. The Kier molecular flexibility index (Phi) is 4.73. The number of nitrogens with zero attached hydrogens (tertiary/aromatic N) is 1. The van der Waals surface area contributed by atoms with Crippen LogP contribution in [0.4, 0.5) is 11.4 Å². The first-order valence-electron chi connectivity index (χ1n) is 5.95. The van der Waals surface area contributed by atoms with Crippen molar-refractivity contribution in [3.63, 3.8) is 0 Å². The largest absolute Gasteiger partial charge is 0.385 e. The number of amides is 1. The molecule has 98 valence electrons. The van der Waals surface area contributed by atoms with Crippen LogP contribution in [0.25, 0.3) is 0 Å². The Hall–Kier alpha value is -1.63. The zero-order valence-electron chi connectivity index (χ0n) is 10.5. The predicted octanol–water partition coefficient (Wildman–Crippen LogP) is 3.37. The van der Waals surface area contributed by atoms with Crippen LogP contribution in [0.1, 0.15) is 17.3 Å². The Bertz CT molecular complexity index is 586. The van der Waals surface area contributed by atoms with Crippen molar-refractivity contribution >= 4 is 39.9 Å². The average molecular weight is 367 g/mol. The van der Waals surface area contributed by atoms with Crippen LogP contribution in [0.3, 0.4) is 0 Å². The lowest BCUT2D eigenvalue weighted by atomic mass is 10.2. The van der Waals surface area contributed by atoms with E-state index >= 15 is 0 Å². The van der Waals surface area contributed by atoms with Crippen LogP contribution in [0.5, 0.6) is 0 Å². The fraction of sp³-hybridized carbons (Fsp3) is 0.143. The molecule has 0 atom stereocenters. The van der Waals surface area contributed by atoms with E-state index in [0.717, 1.165) is 21.5 Å². The minimum atomic E-state index is -0.161. The van der Waals surface area contributed by atoms with Gasteiger partial charge in [-0.2, -0.15) is 0 Å². The summed E-state index contributed by atoms with van der Waals surface area (Å²) in [4.78, 5) is 16.2. The summed E-state index contributed by atoms with van der Waals surface area (Å²) >= 11 is 2.21. The van der Waals surface area contributed by atoms with Crippen molar-refractivity contribution in [2.24, 2.45) is 0 Å². The minimum absolute atomic E-state index is 0.161. The quantitative estimate of drug-likeness (QED) is 0.815. The molecular weight excluding hydrogens is 353 g/mol. The number of pyridine rings is 1. The monoisotopic (exact) mass is 367 g/mol. The number of aromatic nitrogens is 1. The highest BCUT2D eigenvalue weighted by molar-refractivity contribution is 14.1. The maximum Gasteiger partial charge on any atom is 0.259 e. The number of nitrogens with one attached hydrogen (secondary N) is 2. The van der Waals surface area contributed by atoms with Gasteiger partial charge in [0.25, 0.3) is 5.91 Å². The maximum atomic E-state index is 12.2. The molecule has 1 heterocycles. The molecule has 2 rings (SSSR count). The van der Waals surface area contributed by atoms with Crippen LogP contribution < -0.4 is 10.6 Å². The molecule has 0 fully saturated rings. The summed E-state index contributed by atoms with van der Waals surface area (Å²) in [6.07, 6.45) is 3.24. The highest BCUT2D eigenvalue weighted by Crippen LogP contribution is 2.17. The van der Waals surface area contributed by atoms with Gasteiger partial charge in [-0.1, -0.05) is 6.07 Å². The third-order valence-corrected chi connectivity index (χ3v) is 3.19. The topological polar surface area (TPSA) is 54.0 Å². The van der Waals surface area contributed by atoms with Gasteiger partial charge in [-0.15, -0.1) is 0 Å². The number of hydrogen-bond donors (Lipinski definition) is 2. The molecule has 0 saturated carbocycles. The zero-order chi connectivity index (χ0) is 13.7. The fourth-order valence-corrected chi connectivity index (χ4v) is 2.23. The van der Waals surface area contributed by atoms with Gasteiger partial charge in [0.1, 0.15) is 0 Å². The Morgan fingerprint density at radius 2 is 2.21 bits per heavy atom. The van der Waals surface area contributed by atoms with Crippen molar-refractivity contribution in [3.05, 3.63) is 51.9 Å². The van der Waals surface area contributed by atoms with Crippen LogP contribution in [0.2, 0.25) is 0 Å². The van der Waals surface area contributed by atoms with Gasteiger partial charge in [-0.25, -0.2) is 0 Å². The summed E-state index contributed by atoms with van der Waals surface area (Å²) in [6.45, 7) is 2.75. The second-order valence-electron chi connectivity index (χ2n) is 3.92. The lowest BCUT2D eigenvalue weighted by Gasteiger charge is -2.10. The molecule has 5 heteroatoms. The smallest absolute Gasteiger partial charge is 0.259 e. The number of carbonyl (C=O) groups excluding carboxylic acids is 1. The third-order valence-electron chi connectivity index (χ3n) is 2.52. The van der Waals surface area contributed by atoms with E-state index in [9.17, 15) is 4.79 Å². The number of carbonyl (C=O) groups is 1. The number of anilines is 2. The normalized spacial score (nSPS) is 10.0. The van der Waals surface area contributed by atoms with E-state index in [1.165, 1.54) is 0 Å². The molecule has 0 bridgehead atoms. The van der Waals surface area contributed by atoms with E-state index in [0.29, 0.717) is 5.56 Å². The standard InChI is InChI=1S/C14H14IN3O/c1-2-17-13-6-7-16-9-12(13)14(19)18-11-5-3-4-10(15)8-11/h3-9H,2H2,1H3,(H,16,17)(H,18,19). The lowest BCUT2D eigenvalue weighted by Crippen LogP contribution is -2.15. The fourth-order valence-electron chi connectivity index (χ4n) is 1.68. The minimum Gasteiger partial charge on any atom is -0.385 e. The van der Waals surface area contributed by atoms with Gasteiger partial charge >= 0.3 is 0 Å². The first kappa shape index (κ1) is 13.8. The summed E-state index contributed by atoms with van der Waals surface area (Å²) in [7, 11) is 0. The first-order valence-corrected chi connectivity index (χ1v) is 7.03. The van der Waals surface area contributed by atoms with Crippen molar-refractivity contribution in [3.8, 4) is 0 Å². The molecule has 0 aliphatic carbocycles. The number of halogens is 1. The lowest BCUT2D eigenvalue weighted by molar-refractivity contribution is 0.102. The van der Waals surface area contributed by atoms with Crippen LogP contribution >= 0.6 is 22.6 Å². The Balaban J connectivity index is 2.20. The molecule has 4 nitrogen and oxygen atoms in total. The summed E-state index contributed by atoms with van der Waals surface area (Å²) in [5, 5.41) is 6.03. The van der Waals surface area contributed by atoms with Crippen LogP contribution in [-0.2, 0) is 0 Å². The Labute approximate surface area is 125 Å². The van der Waals surface area contributed by atoms with Gasteiger partial charge in [-0.05, 0) is 53.8 Å². The second kappa shape index (κ2) is 6.51. The average Bonchev–Trinajstić information content (AvgIpc) is 2.39. The number of hydrogen-bond acceptors (Lipinski definition) is 3. The molecule has 0 spiro atoms. The summed E-state index contributed by atoms with van der Waals surface area (Å²) < 4.78 is 1.08. The molecule has 1 amide bonds. The van der Waals surface area contributed by atoms with E-state index in [1.54, 1.807) is 18.5 Å². The zero-order valence-corrected chi connectivity index (χ0v) is 12.6. The molecule has 2 aromatic rings. The van der Waals surface area contributed by atoms with Gasteiger partial charge in [0, 0.05) is 28.2 Å². The van der Waals surface area contributed by atoms with Crippen molar-refractivity contribution in [2.75, 3.05) is 17.2 Å². The molecule has 0 aliphatic rings. The molecule has 0 aliphatic heterocycles. The van der Waals surface area contributed by atoms with E-state index in [1.807, 2.05) is 31.2 Å². The van der Waals surface area contributed by atoms with E-state index in [4.69, 9.17) is 0 Å². The van der Waals surface area contributed by atoms with Gasteiger partial charge in [0.15, 0.2) is 0 Å². The van der Waals surface area contributed by atoms with E-state index < -0.39 is 0 Å². The third kappa shape index (κ3) is 3.66. The SMILES string of the molecule is CCNc1ccncc1C(=O)Nc1cccc(I)c1. The van der Waals surface area contributed by atoms with Crippen molar-refractivity contribution in [1.82, 2.24) is 4.98 Å². The summed E-state index contributed by atoms with van der Waals surface area (Å²) in [5.41, 5.74) is 2.12. The van der Waals surface area contributed by atoms with Gasteiger partial charge in [-0.3, -0.25) is 9.78 Å². The summed E-state index contributed by atoms with van der Waals surface area (Å²) in [6, 6.07) is 9.47. The van der Waals surface area contributed by atoms with Gasteiger partial charge in [0.05, 0.1) is 11.3 Å². The highest BCUT2D eigenvalue weighted by atomic mass is 127. The first-order chi connectivity index (χ1) is 9.20. The Morgan fingerprint density at radius 1 is 1.37 bits per heavy atom. The predicted molar refractivity (Wildman–Crippen MR) is 85.5 cm³/mol. The number of rotatable bonds is 4. The molecule has 0 unspecified atom stereocenters. The molecule has 19 heavy (non-hydrogen) atoms. The molecule has 2 N–H and O–H groups in total. The highest BCUT2D eigenvalue weighted by Gasteiger charge is 2.11. The molecule has 0 saturated heterocycles. The molecular formula is C14H14IN3O. The van der Waals surface area contributed by atoms with Gasteiger partial charge < -0.3 is 10.6 Å². The van der Waals surface area contributed by atoms with Crippen LogP contribution in [0, 0.1) is 3.57 Å². The van der Waals surface area contributed by atoms with Crippen molar-refractivity contribution in [1.29, 1.82) is 0 Å². The van der Waals surface area contributed by atoms with Crippen molar-refractivity contribution < 1.29 is 4.79 Å². The molecule has 1 aromatic heterocycles. The summed E-state index contributed by atoms with van der Waals surface area (Å²) in [5.74, 6) is -0.161. The Morgan fingerprint density at radius 3 is 2.95 bits per heavy atom. The van der Waals surface area contributed by atoms with Crippen LogP contribution in [-0.4, -0.2) is 17.4 Å². The molecule has 0 radical (unpaired) electrons. The van der Waals surface area contributed by atoms with E-state index in [-0.39, 0.29) is 5.91 Å². The maximum absolute atomic E-state index is 12.2. The molecule has 1 aromatic carbocycles. The van der Waals surface area contributed by atoms with E-state index in [2.05, 4.69) is 38.2 Å². The number of benzene rings is 1. The van der Waals surface area contributed by atoms with Crippen LogP contribution in [0.15, 0.2) is 42.7 Å². The van der Waals surface area contributed by atoms with Crippen molar-refractivity contribution in [2.45, 2.75) is 6.92 Å².